The van der Waals surface area contributed by atoms with Gasteiger partial charge in [0.25, 0.3) is 0 Å². The van der Waals surface area contributed by atoms with Crippen LogP contribution in [0.1, 0.15) is 51.6 Å². The summed E-state index contributed by atoms with van der Waals surface area (Å²) in [5.41, 5.74) is 0.885. The molecule has 0 heterocycles. The Labute approximate surface area is 132 Å². The van der Waals surface area contributed by atoms with Gasteiger partial charge in [-0.25, -0.2) is 0 Å². The minimum Gasteiger partial charge on any atom is -0.497 e. The van der Waals surface area contributed by atoms with E-state index in [1.807, 2.05) is 38.1 Å². The first-order chi connectivity index (χ1) is 10.5. The number of amides is 2. The van der Waals surface area contributed by atoms with Gasteiger partial charge in [0.2, 0.25) is 11.8 Å². The van der Waals surface area contributed by atoms with Crippen LogP contribution in [0.3, 0.4) is 0 Å². The van der Waals surface area contributed by atoms with Crippen LogP contribution in [0, 0.1) is 0 Å². The highest BCUT2D eigenvalue weighted by molar-refractivity contribution is 5.79. The summed E-state index contributed by atoms with van der Waals surface area (Å²) in [5, 5.41) is 5.83. The van der Waals surface area contributed by atoms with Crippen molar-refractivity contribution in [2.24, 2.45) is 0 Å². The molecule has 5 heteroatoms. The zero-order chi connectivity index (χ0) is 16.5. The summed E-state index contributed by atoms with van der Waals surface area (Å²) in [7, 11) is 1.60. The van der Waals surface area contributed by atoms with E-state index in [0.29, 0.717) is 0 Å². The van der Waals surface area contributed by atoms with Crippen LogP contribution in [0.5, 0.6) is 5.75 Å². The van der Waals surface area contributed by atoms with Crippen molar-refractivity contribution >= 4 is 11.8 Å². The highest BCUT2D eigenvalue weighted by Gasteiger charge is 2.18. The van der Waals surface area contributed by atoms with Crippen LogP contribution in [-0.2, 0) is 9.59 Å². The van der Waals surface area contributed by atoms with Crippen LogP contribution in [0.2, 0.25) is 0 Å². The predicted molar refractivity (Wildman–Crippen MR) is 86.7 cm³/mol. The quantitative estimate of drug-likeness (QED) is 0.775. The number of ether oxygens (including phenoxy) is 1. The van der Waals surface area contributed by atoms with E-state index in [1.165, 1.54) is 6.92 Å². The highest BCUT2D eigenvalue weighted by atomic mass is 16.5. The van der Waals surface area contributed by atoms with Crippen molar-refractivity contribution in [3.05, 3.63) is 29.8 Å². The lowest BCUT2D eigenvalue weighted by atomic mass is 10.0. The summed E-state index contributed by atoms with van der Waals surface area (Å²) in [6, 6.07) is 7.22. The fourth-order valence-electron chi connectivity index (χ4n) is 2.30. The first-order valence-electron chi connectivity index (χ1n) is 7.70. The van der Waals surface area contributed by atoms with E-state index in [-0.39, 0.29) is 30.3 Å². The molecule has 2 amide bonds. The van der Waals surface area contributed by atoms with Gasteiger partial charge < -0.3 is 15.4 Å². The monoisotopic (exact) mass is 306 g/mol. The Bertz CT molecular complexity index is 481. The maximum atomic E-state index is 12.2. The van der Waals surface area contributed by atoms with Gasteiger partial charge in [0.1, 0.15) is 5.75 Å². The molecular weight excluding hydrogens is 280 g/mol. The third-order valence-corrected chi connectivity index (χ3v) is 3.64. The van der Waals surface area contributed by atoms with Crippen LogP contribution in [0.25, 0.3) is 0 Å². The summed E-state index contributed by atoms with van der Waals surface area (Å²) in [6.45, 7) is 5.54. The van der Waals surface area contributed by atoms with Crippen molar-refractivity contribution in [1.82, 2.24) is 10.6 Å². The van der Waals surface area contributed by atoms with Gasteiger partial charge in [0.15, 0.2) is 0 Å². The molecule has 0 aromatic heterocycles. The van der Waals surface area contributed by atoms with E-state index >= 15 is 0 Å². The molecule has 2 N–H and O–H groups in total. The number of hydrogen-bond donors (Lipinski definition) is 2. The molecule has 0 aliphatic rings. The smallest absolute Gasteiger partial charge is 0.222 e. The van der Waals surface area contributed by atoms with Crippen molar-refractivity contribution in [2.75, 3.05) is 7.11 Å². The molecule has 122 valence electrons. The number of carbonyl (C=O) groups excluding carboxylic acids is 2. The summed E-state index contributed by atoms with van der Waals surface area (Å²) in [6.07, 6.45) is 2.02. The molecule has 1 aromatic carbocycles. The second-order valence-electron chi connectivity index (χ2n) is 5.31. The fraction of sp³-hybridized carbons (Fsp3) is 0.529. The number of carbonyl (C=O) groups is 2. The molecule has 0 radical (unpaired) electrons. The minimum absolute atomic E-state index is 0.0525. The van der Waals surface area contributed by atoms with Gasteiger partial charge in [0, 0.05) is 13.0 Å². The summed E-state index contributed by atoms with van der Waals surface area (Å²) in [5.74, 6) is 0.534. The third kappa shape index (κ3) is 5.76. The number of benzene rings is 1. The largest absolute Gasteiger partial charge is 0.497 e. The zero-order valence-corrected chi connectivity index (χ0v) is 13.8. The Balaban J connectivity index is 2.79. The van der Waals surface area contributed by atoms with Crippen LogP contribution >= 0.6 is 0 Å². The number of methoxy groups -OCH3 is 1. The first kappa shape index (κ1) is 18.0. The molecule has 0 saturated heterocycles. The van der Waals surface area contributed by atoms with Gasteiger partial charge in [-0.05, 0) is 30.5 Å². The third-order valence-electron chi connectivity index (χ3n) is 3.64. The van der Waals surface area contributed by atoms with E-state index < -0.39 is 0 Å². The summed E-state index contributed by atoms with van der Waals surface area (Å²) in [4.78, 5) is 23.6. The molecule has 0 unspecified atom stereocenters. The van der Waals surface area contributed by atoms with Gasteiger partial charge in [-0.2, -0.15) is 0 Å². The van der Waals surface area contributed by atoms with Crippen LogP contribution < -0.4 is 15.4 Å². The van der Waals surface area contributed by atoms with Crippen molar-refractivity contribution in [1.29, 1.82) is 0 Å². The molecule has 0 aliphatic heterocycles. The van der Waals surface area contributed by atoms with Crippen LogP contribution in [0.4, 0.5) is 0 Å². The highest BCUT2D eigenvalue weighted by Crippen LogP contribution is 2.20. The molecular formula is C17H26N2O3. The molecule has 0 bridgehead atoms. The molecule has 1 atom stereocenters. The summed E-state index contributed by atoms with van der Waals surface area (Å²) < 4.78 is 5.13. The summed E-state index contributed by atoms with van der Waals surface area (Å²) >= 11 is 0. The first-order valence-corrected chi connectivity index (χ1v) is 7.70. The number of rotatable bonds is 8. The van der Waals surface area contributed by atoms with Crippen molar-refractivity contribution in [3.8, 4) is 5.75 Å². The van der Waals surface area contributed by atoms with Gasteiger partial charge in [0.05, 0.1) is 19.6 Å². The SMILES string of the molecule is CCC(CC)NC(=O)C[C@H](NC(C)=O)c1ccc(OC)cc1. The fourth-order valence-corrected chi connectivity index (χ4v) is 2.30. The molecule has 1 rings (SSSR count). The maximum Gasteiger partial charge on any atom is 0.222 e. The standard InChI is InChI=1S/C17H26N2O3/c1-5-14(6-2)19-17(21)11-16(18-12(3)20)13-7-9-15(22-4)10-8-13/h7-10,14,16H,5-6,11H2,1-4H3,(H,18,20)(H,19,21)/t16-/m0/s1. The molecule has 5 nitrogen and oxygen atoms in total. The van der Waals surface area contributed by atoms with Crippen molar-refractivity contribution in [2.45, 2.75) is 52.1 Å². The molecule has 22 heavy (non-hydrogen) atoms. The van der Waals surface area contributed by atoms with E-state index in [2.05, 4.69) is 10.6 Å². The van der Waals surface area contributed by atoms with Gasteiger partial charge in [-0.1, -0.05) is 26.0 Å². The maximum absolute atomic E-state index is 12.2. The Morgan fingerprint density at radius 2 is 1.68 bits per heavy atom. The average molecular weight is 306 g/mol. The van der Waals surface area contributed by atoms with E-state index in [0.717, 1.165) is 24.2 Å². The van der Waals surface area contributed by atoms with E-state index in [1.54, 1.807) is 7.11 Å². The normalized spacial score (nSPS) is 11.9. The Morgan fingerprint density at radius 3 is 2.14 bits per heavy atom. The molecule has 0 fully saturated rings. The molecule has 0 spiro atoms. The number of nitrogens with one attached hydrogen (secondary N) is 2. The van der Waals surface area contributed by atoms with Crippen LogP contribution in [-0.4, -0.2) is 25.0 Å². The predicted octanol–water partition coefficient (Wildman–Crippen LogP) is 2.57. The lowest BCUT2D eigenvalue weighted by Crippen LogP contribution is -2.37. The lowest BCUT2D eigenvalue weighted by Gasteiger charge is -2.20. The average Bonchev–Trinajstić information content (AvgIpc) is 2.51. The molecule has 0 saturated carbocycles. The van der Waals surface area contributed by atoms with Crippen molar-refractivity contribution in [3.63, 3.8) is 0 Å². The second-order valence-corrected chi connectivity index (χ2v) is 5.31. The topological polar surface area (TPSA) is 67.4 Å². The van der Waals surface area contributed by atoms with Gasteiger partial charge in [-0.3, -0.25) is 9.59 Å². The van der Waals surface area contributed by atoms with E-state index in [4.69, 9.17) is 4.74 Å². The Hall–Kier alpha value is -2.04. The zero-order valence-electron chi connectivity index (χ0n) is 13.8. The Kier molecular flexibility index (Phi) is 7.43. The molecule has 0 aliphatic carbocycles. The van der Waals surface area contributed by atoms with Gasteiger partial charge in [-0.15, -0.1) is 0 Å². The molecule has 1 aromatic rings. The van der Waals surface area contributed by atoms with Crippen molar-refractivity contribution < 1.29 is 14.3 Å². The lowest BCUT2D eigenvalue weighted by molar-refractivity contribution is -0.123. The van der Waals surface area contributed by atoms with Crippen LogP contribution in [0.15, 0.2) is 24.3 Å². The number of hydrogen-bond acceptors (Lipinski definition) is 3. The second kappa shape index (κ2) is 9.07. The van der Waals surface area contributed by atoms with E-state index in [9.17, 15) is 9.59 Å². The Morgan fingerprint density at radius 1 is 1.09 bits per heavy atom. The van der Waals surface area contributed by atoms with Gasteiger partial charge >= 0.3 is 0 Å². The minimum atomic E-state index is -0.335.